The quantitative estimate of drug-likeness (QED) is 0.412. The Morgan fingerprint density at radius 3 is 2.00 bits per heavy atom. The van der Waals surface area contributed by atoms with Gasteiger partial charge < -0.3 is 5.11 Å². The summed E-state index contributed by atoms with van der Waals surface area (Å²) in [6, 6.07) is -1.62. The van der Waals surface area contributed by atoms with Crippen molar-refractivity contribution < 1.29 is 19.7 Å². The molecule has 0 spiro atoms. The average Bonchev–Trinajstić information content (AvgIpc) is 1.94. The Hall–Kier alpha value is -1.31. The van der Waals surface area contributed by atoms with E-state index in [9.17, 15) is 19.7 Å². The van der Waals surface area contributed by atoms with Crippen molar-refractivity contribution >= 4 is 24.5 Å². The highest BCUT2D eigenvalue weighted by atomic mass is 32.1. The zero-order chi connectivity index (χ0) is 12.4. The predicted octanol–water partition coefficient (Wildman–Crippen LogP) is 0.188. The molecule has 0 aliphatic carbocycles. The van der Waals surface area contributed by atoms with E-state index in [1.807, 2.05) is 0 Å². The minimum Gasteiger partial charge on any atom is -0.479 e. The van der Waals surface area contributed by atoms with E-state index in [0.717, 1.165) is 6.92 Å². The average molecular weight is 236 g/mol. The lowest BCUT2D eigenvalue weighted by atomic mass is 10.0. The van der Waals surface area contributed by atoms with Crippen molar-refractivity contribution in [3.63, 3.8) is 0 Å². The molecule has 1 atom stereocenters. The molecule has 1 N–H and O–H groups in total. The third kappa shape index (κ3) is 3.39. The highest BCUT2D eigenvalue weighted by Gasteiger charge is 2.45. The number of hydrazine groups is 1. The van der Waals surface area contributed by atoms with Gasteiger partial charge in [0.1, 0.15) is 0 Å². The molecular weight excluding hydrogens is 224 g/mol. The summed E-state index contributed by atoms with van der Waals surface area (Å²) in [5, 5.41) is 18.4. The Labute approximate surface area is 91.6 Å². The van der Waals surface area contributed by atoms with Gasteiger partial charge >= 0.3 is 5.97 Å². The summed E-state index contributed by atoms with van der Waals surface area (Å²) in [6.07, 6.45) is 0. The number of aliphatic carboxylic acids is 1. The molecule has 0 radical (unpaired) electrons. The van der Waals surface area contributed by atoms with E-state index in [1.165, 1.54) is 13.8 Å². The van der Waals surface area contributed by atoms with Crippen LogP contribution in [0.3, 0.4) is 0 Å². The van der Waals surface area contributed by atoms with Gasteiger partial charge in [0, 0.05) is 11.7 Å². The first kappa shape index (κ1) is 13.7. The first-order chi connectivity index (χ1) is 6.59. The van der Waals surface area contributed by atoms with Crippen molar-refractivity contribution in [2.45, 2.75) is 31.6 Å². The lowest BCUT2D eigenvalue weighted by Crippen LogP contribution is -2.55. The lowest BCUT2D eigenvalue weighted by Gasteiger charge is -2.28. The standard InChI is InChI=1S/C7H12N2O5S/c1-4(10)8(9(13)14)5(6(11)12)7(2,3)15/h5,15H,1-3H3,(H,11,12). The maximum absolute atomic E-state index is 11.0. The Morgan fingerprint density at radius 1 is 1.53 bits per heavy atom. The SMILES string of the molecule is CC(=O)N(C(C(=O)O)C(C)(C)S)[N+](=O)[O-]. The summed E-state index contributed by atoms with van der Waals surface area (Å²) in [5.74, 6) is -2.42. The van der Waals surface area contributed by atoms with E-state index in [1.54, 1.807) is 0 Å². The van der Waals surface area contributed by atoms with E-state index in [0.29, 0.717) is 0 Å². The molecule has 15 heavy (non-hydrogen) atoms. The van der Waals surface area contributed by atoms with Crippen molar-refractivity contribution in [2.75, 3.05) is 0 Å². The molecule has 0 aromatic rings. The Kier molecular flexibility index (Phi) is 4.08. The van der Waals surface area contributed by atoms with Gasteiger partial charge in [0.2, 0.25) is 6.04 Å². The van der Waals surface area contributed by atoms with Gasteiger partial charge in [-0.15, -0.1) is 0 Å². The van der Waals surface area contributed by atoms with Gasteiger partial charge in [-0.1, -0.05) is 0 Å². The molecule has 0 aromatic carbocycles. The number of hydrogen-bond donors (Lipinski definition) is 2. The summed E-state index contributed by atoms with van der Waals surface area (Å²) in [5.41, 5.74) is 0. The van der Waals surface area contributed by atoms with Crippen LogP contribution in [-0.2, 0) is 9.59 Å². The van der Waals surface area contributed by atoms with Crippen LogP contribution < -0.4 is 0 Å². The normalized spacial score (nSPS) is 13.1. The van der Waals surface area contributed by atoms with Crippen molar-refractivity contribution in [1.82, 2.24) is 5.01 Å². The van der Waals surface area contributed by atoms with Gasteiger partial charge in [-0.05, 0) is 18.9 Å². The number of carboxylic acid groups (broad SMARTS) is 1. The Morgan fingerprint density at radius 2 is 1.93 bits per heavy atom. The third-order valence-corrected chi connectivity index (χ3v) is 1.89. The highest BCUT2D eigenvalue weighted by Crippen LogP contribution is 2.23. The number of carbonyl (C=O) groups excluding carboxylic acids is 1. The maximum atomic E-state index is 11.0. The molecule has 0 fully saturated rings. The van der Waals surface area contributed by atoms with E-state index >= 15 is 0 Å². The molecule has 0 heterocycles. The van der Waals surface area contributed by atoms with Crippen LogP contribution in [-0.4, -0.2) is 37.8 Å². The smallest absolute Gasteiger partial charge is 0.334 e. The van der Waals surface area contributed by atoms with Crippen molar-refractivity contribution in [2.24, 2.45) is 0 Å². The van der Waals surface area contributed by atoms with Crippen LogP contribution in [0.25, 0.3) is 0 Å². The van der Waals surface area contributed by atoms with Crippen LogP contribution in [0.4, 0.5) is 0 Å². The second-order valence-electron chi connectivity index (χ2n) is 3.50. The molecule has 0 saturated heterocycles. The van der Waals surface area contributed by atoms with E-state index < -0.39 is 27.7 Å². The molecule has 0 rings (SSSR count). The number of nitrogens with zero attached hydrogens (tertiary/aromatic N) is 2. The number of nitro groups is 1. The lowest BCUT2D eigenvalue weighted by molar-refractivity contribution is -0.640. The van der Waals surface area contributed by atoms with Crippen LogP contribution in [0.5, 0.6) is 0 Å². The molecule has 0 bridgehead atoms. The van der Waals surface area contributed by atoms with Gasteiger partial charge in [0.25, 0.3) is 5.91 Å². The van der Waals surface area contributed by atoms with Gasteiger partial charge in [0.05, 0.1) is 0 Å². The van der Waals surface area contributed by atoms with E-state index in [2.05, 4.69) is 12.6 Å². The summed E-state index contributed by atoms with van der Waals surface area (Å²) >= 11 is 3.94. The van der Waals surface area contributed by atoms with Gasteiger partial charge in [-0.25, -0.2) is 14.9 Å². The molecule has 1 amide bonds. The monoisotopic (exact) mass is 236 g/mol. The molecule has 0 aromatic heterocycles. The summed E-state index contributed by atoms with van der Waals surface area (Å²) in [4.78, 5) is 32.4. The Bertz CT molecular complexity index is 284. The molecule has 0 aliphatic heterocycles. The van der Waals surface area contributed by atoms with Crippen LogP contribution in [0.1, 0.15) is 20.8 Å². The second kappa shape index (κ2) is 4.47. The zero-order valence-corrected chi connectivity index (χ0v) is 9.39. The fourth-order valence-electron chi connectivity index (χ4n) is 1.10. The fraction of sp³-hybridized carbons (Fsp3) is 0.714. The molecule has 8 heteroatoms. The maximum Gasteiger partial charge on any atom is 0.334 e. The molecule has 0 aliphatic rings. The molecule has 86 valence electrons. The summed E-state index contributed by atoms with van der Waals surface area (Å²) in [7, 11) is 0. The van der Waals surface area contributed by atoms with Crippen molar-refractivity contribution in [3.05, 3.63) is 10.1 Å². The number of carbonyl (C=O) groups is 2. The zero-order valence-electron chi connectivity index (χ0n) is 8.50. The van der Waals surface area contributed by atoms with Gasteiger partial charge in [-0.2, -0.15) is 12.6 Å². The molecule has 7 nitrogen and oxygen atoms in total. The minimum atomic E-state index is -1.62. The van der Waals surface area contributed by atoms with Crippen molar-refractivity contribution in [3.8, 4) is 0 Å². The van der Waals surface area contributed by atoms with E-state index in [4.69, 9.17) is 5.11 Å². The summed E-state index contributed by atoms with van der Waals surface area (Å²) in [6.45, 7) is 3.70. The number of amides is 1. The van der Waals surface area contributed by atoms with Crippen LogP contribution in [0.2, 0.25) is 0 Å². The van der Waals surface area contributed by atoms with Crippen LogP contribution in [0, 0.1) is 10.1 Å². The highest BCUT2D eigenvalue weighted by molar-refractivity contribution is 7.81. The number of carboxylic acids is 1. The Balaban J connectivity index is 5.31. The largest absolute Gasteiger partial charge is 0.479 e. The molecule has 0 saturated carbocycles. The van der Waals surface area contributed by atoms with Crippen LogP contribution >= 0.6 is 12.6 Å². The number of rotatable bonds is 4. The fourth-order valence-corrected chi connectivity index (χ4v) is 1.32. The minimum absolute atomic E-state index is 0.0648. The van der Waals surface area contributed by atoms with E-state index in [-0.39, 0.29) is 5.01 Å². The molecular formula is C7H12N2O5S. The predicted molar refractivity (Wildman–Crippen MR) is 54.0 cm³/mol. The second-order valence-corrected chi connectivity index (χ2v) is 4.65. The van der Waals surface area contributed by atoms with Crippen LogP contribution in [0.15, 0.2) is 0 Å². The first-order valence-corrected chi connectivity index (χ1v) is 4.43. The molecule has 1 unspecified atom stereocenters. The number of hydrogen-bond acceptors (Lipinski definition) is 5. The third-order valence-electron chi connectivity index (χ3n) is 1.65. The number of thiol groups is 1. The summed E-state index contributed by atoms with van der Waals surface area (Å²) < 4.78 is -1.22. The van der Waals surface area contributed by atoms with Gasteiger partial charge in [0.15, 0.2) is 5.03 Å². The van der Waals surface area contributed by atoms with Gasteiger partial charge in [-0.3, -0.25) is 4.79 Å². The van der Waals surface area contributed by atoms with Crippen molar-refractivity contribution in [1.29, 1.82) is 0 Å². The topological polar surface area (TPSA) is 101 Å². The first-order valence-electron chi connectivity index (χ1n) is 3.98.